The minimum absolute atomic E-state index is 0.201. The first-order valence-corrected chi connectivity index (χ1v) is 21.8. The molecule has 2 aromatic carbocycles. The van der Waals surface area contributed by atoms with Gasteiger partial charge < -0.3 is 39.7 Å². The summed E-state index contributed by atoms with van der Waals surface area (Å²) in [6.07, 6.45) is 8.82. The first-order valence-electron chi connectivity index (χ1n) is 21.5. The lowest BCUT2D eigenvalue weighted by Gasteiger charge is -2.27. The maximum atomic E-state index is 14.1. The fourth-order valence-corrected chi connectivity index (χ4v) is 7.12. The smallest absolute Gasteiger partial charge is 0.245 e. The van der Waals surface area contributed by atoms with Gasteiger partial charge >= 0.3 is 0 Å². The summed E-state index contributed by atoms with van der Waals surface area (Å²) in [6.45, 7) is 6.15. The Morgan fingerprint density at radius 2 is 1.09 bits per heavy atom. The van der Waals surface area contributed by atoms with Crippen molar-refractivity contribution in [1.82, 2.24) is 39.7 Å². The number of anilines is 8. The van der Waals surface area contributed by atoms with E-state index in [2.05, 4.69) is 89.6 Å². The number of benzene rings is 2. The molecule has 4 aromatic heterocycles. The number of hydrazone groups is 2. The summed E-state index contributed by atoms with van der Waals surface area (Å²) >= 11 is 6.26. The third kappa shape index (κ3) is 15.0. The predicted octanol–water partition coefficient (Wildman–Crippen LogP) is 6.85. The molecule has 67 heavy (non-hydrogen) atoms. The Morgan fingerprint density at radius 3 is 1.58 bits per heavy atom. The number of morpholine rings is 2. The molecular weight excluding hydrogens is 882 g/mol. The number of aromatic nitrogens is 6. The van der Waals surface area contributed by atoms with Gasteiger partial charge in [0, 0.05) is 55.7 Å². The highest BCUT2D eigenvalue weighted by Gasteiger charge is 2.19. The molecule has 0 saturated carbocycles. The lowest BCUT2D eigenvalue weighted by atomic mass is 10.2. The van der Waals surface area contributed by atoms with Gasteiger partial charge in [-0.3, -0.25) is 9.97 Å². The van der Waals surface area contributed by atoms with E-state index in [-0.39, 0.29) is 23.5 Å². The number of ether oxygens (including phenoxy) is 2. The molecule has 2 aliphatic rings. The van der Waals surface area contributed by atoms with E-state index in [4.69, 9.17) is 21.1 Å². The van der Waals surface area contributed by atoms with Crippen molar-refractivity contribution in [2.45, 2.75) is 13.1 Å². The Balaban J connectivity index is 0.000000199. The number of rotatable bonds is 16. The second-order valence-electron chi connectivity index (χ2n) is 15.9. The first-order chi connectivity index (χ1) is 32.5. The van der Waals surface area contributed by atoms with Gasteiger partial charge in [-0.05, 0) is 93.9 Å². The maximum absolute atomic E-state index is 14.1. The molecule has 6 heterocycles. The van der Waals surface area contributed by atoms with Crippen LogP contribution in [0.5, 0.6) is 0 Å². The lowest BCUT2D eigenvalue weighted by molar-refractivity contribution is 0.122. The van der Waals surface area contributed by atoms with Crippen LogP contribution in [0.2, 0.25) is 5.02 Å². The van der Waals surface area contributed by atoms with Gasteiger partial charge in [0.2, 0.25) is 11.9 Å². The standard InChI is InChI=1S/C23H26ClFN8O.C23H27FN8O/c1-32(2)15-16-9-17(24)11-20(10-16)29-19-4-3-18(26-12-19)13-28-31-23-27-14-21(25)22(30-23)33-5-7-34-8-6-33;1-31(2)16-17-4-3-5-18(12-17)28-20-7-6-19(25-13-20)14-27-30-23-26-15-21(24)22(29-23)32-8-10-33-11-9-32/h3-4,9-14,29H,5-8,15H2,1-2H3,(H,27,30,31);3-7,12-15,28H,8-11,16H2,1-2H3,(H,26,29,30)/b28-13+;27-14+. The van der Waals surface area contributed by atoms with Gasteiger partial charge in [-0.1, -0.05) is 23.7 Å². The molecule has 2 saturated heterocycles. The highest BCUT2D eigenvalue weighted by atomic mass is 35.5. The third-order valence-electron chi connectivity index (χ3n) is 9.83. The van der Waals surface area contributed by atoms with Crippen molar-refractivity contribution in [3.63, 3.8) is 0 Å². The number of pyridine rings is 2. The minimum atomic E-state index is -0.477. The molecule has 0 bridgehead atoms. The average molecular weight is 935 g/mol. The van der Waals surface area contributed by atoms with E-state index in [1.807, 2.05) is 86.5 Å². The number of halogens is 3. The van der Waals surface area contributed by atoms with Crippen LogP contribution in [0.1, 0.15) is 22.5 Å². The van der Waals surface area contributed by atoms with Crippen molar-refractivity contribution in [3.05, 3.63) is 131 Å². The van der Waals surface area contributed by atoms with Crippen LogP contribution >= 0.6 is 11.6 Å². The van der Waals surface area contributed by atoms with Crippen molar-refractivity contribution >= 4 is 70.3 Å². The molecule has 0 aliphatic carbocycles. The molecule has 0 atom stereocenters. The largest absolute Gasteiger partial charge is 0.378 e. The zero-order valence-electron chi connectivity index (χ0n) is 37.7. The van der Waals surface area contributed by atoms with Crippen LogP contribution in [-0.2, 0) is 22.6 Å². The van der Waals surface area contributed by atoms with Gasteiger partial charge in [0.05, 0.1) is 86.4 Å². The van der Waals surface area contributed by atoms with E-state index < -0.39 is 11.6 Å². The van der Waals surface area contributed by atoms with Crippen LogP contribution in [0.25, 0.3) is 0 Å². The van der Waals surface area contributed by atoms with Crippen LogP contribution in [-0.4, -0.2) is 133 Å². The van der Waals surface area contributed by atoms with Gasteiger partial charge in [-0.25, -0.2) is 29.6 Å². The van der Waals surface area contributed by atoms with Crippen molar-refractivity contribution in [1.29, 1.82) is 0 Å². The van der Waals surface area contributed by atoms with Crippen LogP contribution in [0, 0.1) is 11.6 Å². The molecule has 21 heteroatoms. The summed E-state index contributed by atoms with van der Waals surface area (Å²) in [5.41, 5.74) is 12.7. The summed E-state index contributed by atoms with van der Waals surface area (Å²) in [5, 5.41) is 15.6. The zero-order valence-corrected chi connectivity index (χ0v) is 38.5. The summed E-state index contributed by atoms with van der Waals surface area (Å²) in [7, 11) is 8.12. The molecule has 2 fully saturated rings. The highest BCUT2D eigenvalue weighted by Crippen LogP contribution is 2.24. The Bertz CT molecular complexity index is 2580. The van der Waals surface area contributed by atoms with Crippen LogP contribution in [0.15, 0.2) is 102 Å². The summed E-state index contributed by atoms with van der Waals surface area (Å²) in [6, 6.07) is 21.6. The average Bonchev–Trinajstić information content (AvgIpc) is 3.31. The van der Waals surface area contributed by atoms with Crippen molar-refractivity contribution in [3.8, 4) is 0 Å². The molecular formula is C46H53ClF2N16O2. The Hall–Kier alpha value is -6.97. The van der Waals surface area contributed by atoms with E-state index in [0.717, 1.165) is 53.8 Å². The Labute approximate surface area is 393 Å². The molecule has 6 aromatic rings. The molecule has 4 N–H and O–H groups in total. The molecule has 8 rings (SSSR count). The first kappa shape index (κ1) is 48.0. The lowest BCUT2D eigenvalue weighted by Crippen LogP contribution is -2.37. The molecule has 0 spiro atoms. The van der Waals surface area contributed by atoms with Crippen molar-refractivity contribution in [2.24, 2.45) is 10.2 Å². The summed E-state index contributed by atoms with van der Waals surface area (Å²) in [4.78, 5) is 33.0. The van der Waals surface area contributed by atoms with E-state index >= 15 is 0 Å². The molecule has 2 aliphatic heterocycles. The van der Waals surface area contributed by atoms with Crippen molar-refractivity contribution < 1.29 is 18.3 Å². The molecule has 18 nitrogen and oxygen atoms in total. The van der Waals surface area contributed by atoms with Gasteiger partial charge in [0.1, 0.15) is 0 Å². The SMILES string of the molecule is CN(C)Cc1cc(Cl)cc(Nc2ccc(/C=N/Nc3ncc(F)c(N4CCOCC4)n3)nc2)c1.CN(C)Cc1cccc(Nc2ccc(/C=N/Nc3ncc(F)c(N4CCOCC4)n3)nc2)c1. The second kappa shape index (κ2) is 24.0. The Kier molecular flexibility index (Phi) is 17.2. The summed E-state index contributed by atoms with van der Waals surface area (Å²) < 4.78 is 38.9. The van der Waals surface area contributed by atoms with E-state index in [0.29, 0.717) is 69.0 Å². The fraction of sp³-hybridized carbons (Fsp3) is 0.304. The Morgan fingerprint density at radius 1 is 0.597 bits per heavy atom. The molecule has 350 valence electrons. The molecule has 0 unspecified atom stereocenters. The van der Waals surface area contributed by atoms with E-state index in [1.165, 1.54) is 5.56 Å². The van der Waals surface area contributed by atoms with Gasteiger partial charge in [0.25, 0.3) is 0 Å². The maximum Gasteiger partial charge on any atom is 0.245 e. The zero-order chi connectivity index (χ0) is 47.0. The quantitative estimate of drug-likeness (QED) is 0.0584. The predicted molar refractivity (Wildman–Crippen MR) is 260 cm³/mol. The molecule has 0 amide bonds. The monoisotopic (exact) mass is 934 g/mol. The van der Waals surface area contributed by atoms with Crippen molar-refractivity contribution in [2.75, 3.05) is 112 Å². The van der Waals surface area contributed by atoms with Gasteiger partial charge in [0.15, 0.2) is 23.3 Å². The van der Waals surface area contributed by atoms with Crippen LogP contribution in [0.4, 0.5) is 55.1 Å². The van der Waals surface area contributed by atoms with E-state index in [9.17, 15) is 8.78 Å². The van der Waals surface area contributed by atoms with Gasteiger partial charge in [-0.15, -0.1) is 0 Å². The summed E-state index contributed by atoms with van der Waals surface area (Å²) in [5.74, 6) is -0.0522. The number of hydrogen-bond donors (Lipinski definition) is 4. The highest BCUT2D eigenvalue weighted by molar-refractivity contribution is 6.31. The van der Waals surface area contributed by atoms with E-state index in [1.54, 1.807) is 24.8 Å². The topological polar surface area (TPSA) is 182 Å². The normalized spacial score (nSPS) is 14.1. The number of nitrogens with zero attached hydrogens (tertiary/aromatic N) is 12. The minimum Gasteiger partial charge on any atom is -0.378 e. The van der Waals surface area contributed by atoms with Crippen LogP contribution in [0.3, 0.4) is 0 Å². The second-order valence-corrected chi connectivity index (χ2v) is 16.3. The van der Waals surface area contributed by atoms with Crippen LogP contribution < -0.4 is 31.3 Å². The van der Waals surface area contributed by atoms with Gasteiger partial charge in [-0.2, -0.15) is 20.2 Å². The third-order valence-corrected chi connectivity index (χ3v) is 10.0. The fourth-order valence-electron chi connectivity index (χ4n) is 6.87. The number of nitrogens with one attached hydrogen (secondary N) is 4. The number of hydrogen-bond acceptors (Lipinski definition) is 18. The molecule has 0 radical (unpaired) electrons.